The minimum Gasteiger partial charge on any atom is -0.489 e. The minimum atomic E-state index is -3.04. The van der Waals surface area contributed by atoms with E-state index in [1.807, 2.05) is 0 Å². The van der Waals surface area contributed by atoms with Crippen LogP contribution in [0.2, 0.25) is 0 Å². The summed E-state index contributed by atoms with van der Waals surface area (Å²) in [5, 5.41) is 10.7. The Balaban J connectivity index is 3.45. The summed E-state index contributed by atoms with van der Waals surface area (Å²) >= 11 is 0. The summed E-state index contributed by atoms with van der Waals surface area (Å²) in [6.07, 6.45) is -3.04. The van der Waals surface area contributed by atoms with E-state index in [4.69, 9.17) is 0 Å². The first-order valence-corrected chi connectivity index (χ1v) is 5.10. The summed E-state index contributed by atoms with van der Waals surface area (Å²) in [6, 6.07) is 0.710. The summed E-state index contributed by atoms with van der Waals surface area (Å²) in [7, 11) is 1.07. The molecule has 1 rings (SSSR count). The molecule has 0 saturated heterocycles. The van der Waals surface area contributed by atoms with Crippen LogP contribution in [0.1, 0.15) is 29.4 Å². The van der Waals surface area contributed by atoms with E-state index in [0.29, 0.717) is 6.07 Å². The lowest BCUT2D eigenvalue weighted by Gasteiger charge is -2.07. The number of nitrogens with zero attached hydrogens (tertiary/aromatic N) is 2. The van der Waals surface area contributed by atoms with Crippen molar-refractivity contribution in [1.82, 2.24) is 4.98 Å². The summed E-state index contributed by atoms with van der Waals surface area (Å²) in [5.41, 5.74) is -1.56. The second kappa shape index (κ2) is 6.03. The normalized spacial score (nSPS) is 10.4. The molecule has 0 aromatic carbocycles. The van der Waals surface area contributed by atoms with Crippen molar-refractivity contribution in [1.29, 1.82) is 0 Å². The fourth-order valence-electron chi connectivity index (χ4n) is 1.31. The van der Waals surface area contributed by atoms with E-state index in [-0.39, 0.29) is 6.61 Å². The maximum atomic E-state index is 12.8. The van der Waals surface area contributed by atoms with Crippen LogP contribution >= 0.6 is 0 Å². The van der Waals surface area contributed by atoms with Crippen LogP contribution in [0.15, 0.2) is 6.07 Å². The Morgan fingerprint density at radius 3 is 2.63 bits per heavy atom. The van der Waals surface area contributed by atoms with Gasteiger partial charge in [-0.05, 0) is 16.8 Å². The Bertz CT molecular complexity index is 507. The maximum absolute atomic E-state index is 12.8. The number of hydrogen-bond donors (Lipinski definition) is 0. The Hall–Kier alpha value is -2.32. The van der Waals surface area contributed by atoms with Crippen molar-refractivity contribution < 1.29 is 28.0 Å². The van der Waals surface area contributed by atoms with Crippen LogP contribution in [-0.2, 0) is 4.74 Å². The number of carbonyl (C=O) groups excluding carboxylic acids is 1. The van der Waals surface area contributed by atoms with Crippen molar-refractivity contribution in [2.24, 2.45) is 0 Å². The summed E-state index contributed by atoms with van der Waals surface area (Å²) < 4.78 is 34.7. The lowest BCUT2D eigenvalue weighted by atomic mass is 10.2. The number of nitro groups is 1. The lowest BCUT2D eigenvalue weighted by molar-refractivity contribution is -0.390. The molecule has 0 atom stereocenters. The average Bonchev–Trinajstić information content (AvgIpc) is 2.37. The largest absolute Gasteiger partial charge is 0.489 e. The summed E-state index contributed by atoms with van der Waals surface area (Å²) in [4.78, 5) is 24.6. The number of halogens is 2. The SMILES string of the molecule is CCOC(=O)c1nc([N+](=O)[O-])c(OC)cc1C(F)F. The van der Waals surface area contributed by atoms with Crippen LogP contribution in [0, 0.1) is 10.1 Å². The van der Waals surface area contributed by atoms with Crippen molar-refractivity contribution >= 4 is 11.8 Å². The third-order valence-corrected chi connectivity index (χ3v) is 2.09. The number of pyridine rings is 1. The number of methoxy groups -OCH3 is 1. The highest BCUT2D eigenvalue weighted by molar-refractivity contribution is 5.89. The fraction of sp³-hybridized carbons (Fsp3) is 0.400. The van der Waals surface area contributed by atoms with Crippen LogP contribution in [0.4, 0.5) is 14.6 Å². The Kier molecular flexibility index (Phi) is 4.67. The van der Waals surface area contributed by atoms with E-state index in [0.717, 1.165) is 7.11 Å². The van der Waals surface area contributed by atoms with Gasteiger partial charge in [0.25, 0.3) is 12.1 Å². The molecule has 0 saturated carbocycles. The van der Waals surface area contributed by atoms with Gasteiger partial charge in [0, 0.05) is 6.07 Å². The molecule has 0 aliphatic heterocycles. The van der Waals surface area contributed by atoms with Crippen molar-refractivity contribution in [2.75, 3.05) is 13.7 Å². The zero-order chi connectivity index (χ0) is 14.6. The van der Waals surface area contributed by atoms with E-state index in [2.05, 4.69) is 14.5 Å². The third kappa shape index (κ3) is 3.12. The highest BCUT2D eigenvalue weighted by Crippen LogP contribution is 2.32. The topological polar surface area (TPSA) is 91.6 Å². The van der Waals surface area contributed by atoms with Gasteiger partial charge in [-0.3, -0.25) is 0 Å². The predicted molar refractivity (Wildman–Crippen MR) is 58.4 cm³/mol. The van der Waals surface area contributed by atoms with Gasteiger partial charge < -0.3 is 19.6 Å². The van der Waals surface area contributed by atoms with Gasteiger partial charge in [0.2, 0.25) is 5.75 Å². The fourth-order valence-corrected chi connectivity index (χ4v) is 1.31. The monoisotopic (exact) mass is 276 g/mol. The molecule has 9 heteroatoms. The zero-order valence-corrected chi connectivity index (χ0v) is 10.1. The molecule has 0 spiro atoms. The van der Waals surface area contributed by atoms with Crippen molar-refractivity contribution in [3.05, 3.63) is 27.4 Å². The molecule has 1 aromatic heterocycles. The minimum absolute atomic E-state index is 0.0665. The first-order valence-electron chi connectivity index (χ1n) is 5.10. The highest BCUT2D eigenvalue weighted by atomic mass is 19.3. The second-order valence-electron chi connectivity index (χ2n) is 3.23. The van der Waals surface area contributed by atoms with Crippen LogP contribution < -0.4 is 4.74 Å². The molecule has 104 valence electrons. The van der Waals surface area contributed by atoms with E-state index in [1.165, 1.54) is 6.92 Å². The average molecular weight is 276 g/mol. The molecular weight excluding hydrogens is 266 g/mol. The lowest BCUT2D eigenvalue weighted by Crippen LogP contribution is -2.13. The number of ether oxygens (including phenoxy) is 2. The smallest absolute Gasteiger partial charge is 0.407 e. The molecule has 0 aliphatic carbocycles. The first kappa shape index (κ1) is 14.7. The Morgan fingerprint density at radius 2 is 2.21 bits per heavy atom. The van der Waals surface area contributed by atoms with Crippen LogP contribution in [0.5, 0.6) is 5.75 Å². The van der Waals surface area contributed by atoms with Crippen LogP contribution in [0.3, 0.4) is 0 Å². The molecule has 0 N–H and O–H groups in total. The molecule has 0 radical (unpaired) electrons. The van der Waals surface area contributed by atoms with E-state index >= 15 is 0 Å². The van der Waals surface area contributed by atoms with Crippen molar-refractivity contribution in [3.8, 4) is 5.75 Å². The molecule has 0 amide bonds. The van der Waals surface area contributed by atoms with Gasteiger partial charge in [0.15, 0.2) is 0 Å². The molecular formula is C10H10F2N2O5. The standard InChI is InChI=1S/C10H10F2N2O5/c1-3-19-10(15)7-5(8(11)12)4-6(18-2)9(13-7)14(16)17/h4,8H,3H2,1-2H3. The number of hydrogen-bond acceptors (Lipinski definition) is 6. The Labute approximate surface area is 106 Å². The van der Waals surface area contributed by atoms with Gasteiger partial charge in [-0.1, -0.05) is 0 Å². The summed E-state index contributed by atoms with van der Waals surface area (Å²) in [6.45, 7) is 1.40. The van der Waals surface area contributed by atoms with Crippen LogP contribution in [-0.4, -0.2) is 29.6 Å². The predicted octanol–water partition coefficient (Wildman–Crippen LogP) is 2.11. The number of aromatic nitrogens is 1. The highest BCUT2D eigenvalue weighted by Gasteiger charge is 2.31. The molecule has 0 bridgehead atoms. The van der Waals surface area contributed by atoms with Gasteiger partial charge in [0.1, 0.15) is 0 Å². The molecule has 19 heavy (non-hydrogen) atoms. The quantitative estimate of drug-likeness (QED) is 0.464. The maximum Gasteiger partial charge on any atom is 0.407 e. The molecule has 0 fully saturated rings. The van der Waals surface area contributed by atoms with Gasteiger partial charge in [-0.2, -0.15) is 0 Å². The Morgan fingerprint density at radius 1 is 1.58 bits per heavy atom. The number of rotatable bonds is 5. The van der Waals surface area contributed by atoms with Gasteiger partial charge >= 0.3 is 11.8 Å². The van der Waals surface area contributed by atoms with Gasteiger partial charge in [-0.15, -0.1) is 0 Å². The van der Waals surface area contributed by atoms with E-state index < -0.39 is 40.1 Å². The molecule has 1 aromatic rings. The molecule has 7 nitrogen and oxygen atoms in total. The summed E-state index contributed by atoms with van der Waals surface area (Å²) in [5.74, 6) is -2.42. The first-order chi connectivity index (χ1) is 8.92. The molecule has 0 aliphatic rings. The zero-order valence-electron chi connectivity index (χ0n) is 10.1. The van der Waals surface area contributed by atoms with Gasteiger partial charge in [-0.25, -0.2) is 13.6 Å². The third-order valence-electron chi connectivity index (χ3n) is 2.09. The van der Waals surface area contributed by atoms with Crippen molar-refractivity contribution in [3.63, 3.8) is 0 Å². The van der Waals surface area contributed by atoms with E-state index in [9.17, 15) is 23.7 Å². The van der Waals surface area contributed by atoms with E-state index in [1.54, 1.807) is 0 Å². The van der Waals surface area contributed by atoms with Gasteiger partial charge in [0.05, 0.1) is 19.3 Å². The second-order valence-corrected chi connectivity index (χ2v) is 3.23. The van der Waals surface area contributed by atoms with Crippen molar-refractivity contribution in [2.45, 2.75) is 13.3 Å². The number of esters is 1. The number of alkyl halides is 2. The molecule has 1 heterocycles. The number of carbonyl (C=O) groups is 1. The molecule has 0 unspecified atom stereocenters. The van der Waals surface area contributed by atoms with Crippen LogP contribution in [0.25, 0.3) is 0 Å².